The van der Waals surface area contributed by atoms with Gasteiger partial charge >= 0.3 is 6.09 Å². The Hall–Kier alpha value is -2.37. The van der Waals surface area contributed by atoms with E-state index in [1.165, 1.54) is 30.4 Å². The van der Waals surface area contributed by atoms with Crippen molar-refractivity contribution in [1.82, 2.24) is 20.3 Å². The van der Waals surface area contributed by atoms with E-state index >= 15 is 0 Å². The Balaban J connectivity index is 1.46. The Labute approximate surface area is 142 Å². The number of aromatic nitrogens is 3. The fraction of sp³-hybridized carbons (Fsp3) is 0.500. The number of ether oxygens (including phenoxy) is 1. The first-order valence-electron chi connectivity index (χ1n) is 8.57. The van der Waals surface area contributed by atoms with Crippen LogP contribution in [0.3, 0.4) is 0 Å². The SMILES string of the molecule is Cc1cccc(Cn2cc(COC(=O)NC3CCCCC3)nn2)c1. The van der Waals surface area contributed by atoms with Gasteiger partial charge in [-0.2, -0.15) is 0 Å². The molecule has 1 saturated carbocycles. The maximum atomic E-state index is 11.8. The lowest BCUT2D eigenvalue weighted by molar-refractivity contribution is 0.131. The van der Waals surface area contributed by atoms with Crippen LogP contribution in [0.2, 0.25) is 0 Å². The molecule has 0 radical (unpaired) electrons. The summed E-state index contributed by atoms with van der Waals surface area (Å²) in [5.41, 5.74) is 3.04. The summed E-state index contributed by atoms with van der Waals surface area (Å²) in [5, 5.41) is 11.1. The van der Waals surface area contributed by atoms with E-state index in [0.717, 1.165) is 12.8 Å². The molecule has 2 aromatic rings. The fourth-order valence-corrected chi connectivity index (χ4v) is 3.07. The van der Waals surface area contributed by atoms with Gasteiger partial charge in [-0.1, -0.05) is 54.3 Å². The van der Waals surface area contributed by atoms with Crippen LogP contribution in [0.5, 0.6) is 0 Å². The lowest BCUT2D eigenvalue weighted by atomic mass is 9.96. The summed E-state index contributed by atoms with van der Waals surface area (Å²) in [6.07, 6.45) is 7.16. The Morgan fingerprint density at radius 1 is 1.33 bits per heavy atom. The summed E-state index contributed by atoms with van der Waals surface area (Å²) < 4.78 is 7.00. The molecule has 6 nitrogen and oxygen atoms in total. The largest absolute Gasteiger partial charge is 0.443 e. The lowest BCUT2D eigenvalue weighted by Gasteiger charge is -2.22. The summed E-state index contributed by atoms with van der Waals surface area (Å²) in [4.78, 5) is 11.8. The van der Waals surface area contributed by atoms with Crippen molar-refractivity contribution < 1.29 is 9.53 Å². The van der Waals surface area contributed by atoms with Gasteiger partial charge in [0, 0.05) is 6.04 Å². The Kier molecular flexibility index (Phi) is 5.46. The number of hydrogen-bond acceptors (Lipinski definition) is 4. The first-order chi connectivity index (χ1) is 11.7. The maximum absolute atomic E-state index is 11.8. The van der Waals surface area contributed by atoms with Gasteiger partial charge in [0.05, 0.1) is 12.7 Å². The zero-order valence-electron chi connectivity index (χ0n) is 14.1. The highest BCUT2D eigenvalue weighted by Crippen LogP contribution is 2.17. The molecule has 24 heavy (non-hydrogen) atoms. The molecule has 1 aliphatic rings. The van der Waals surface area contributed by atoms with Crippen LogP contribution in [0.15, 0.2) is 30.5 Å². The molecule has 0 unspecified atom stereocenters. The van der Waals surface area contributed by atoms with Gasteiger partial charge in [-0.05, 0) is 25.3 Å². The second-order valence-electron chi connectivity index (χ2n) is 6.45. The first-order valence-corrected chi connectivity index (χ1v) is 8.57. The summed E-state index contributed by atoms with van der Waals surface area (Å²) in [6, 6.07) is 8.53. The van der Waals surface area contributed by atoms with E-state index in [1.807, 2.05) is 12.3 Å². The van der Waals surface area contributed by atoms with Gasteiger partial charge in [-0.15, -0.1) is 5.10 Å². The number of nitrogens with one attached hydrogen (secondary N) is 1. The van der Waals surface area contributed by atoms with Crippen molar-refractivity contribution >= 4 is 6.09 Å². The highest BCUT2D eigenvalue weighted by atomic mass is 16.5. The standard InChI is InChI=1S/C18H24N4O2/c1-14-6-5-7-15(10-14)11-22-12-17(20-21-22)13-24-18(23)19-16-8-3-2-4-9-16/h5-7,10,12,16H,2-4,8-9,11,13H2,1H3,(H,19,23). The van der Waals surface area contributed by atoms with Crippen molar-refractivity contribution in [1.29, 1.82) is 0 Å². The number of alkyl carbamates (subject to hydrolysis) is 1. The Bertz CT molecular complexity index is 677. The minimum Gasteiger partial charge on any atom is -0.443 e. The Morgan fingerprint density at radius 3 is 2.96 bits per heavy atom. The second kappa shape index (κ2) is 7.95. The molecule has 6 heteroatoms. The molecule has 1 N–H and O–H groups in total. The lowest BCUT2D eigenvalue weighted by Crippen LogP contribution is -2.36. The molecule has 1 aliphatic carbocycles. The van der Waals surface area contributed by atoms with Crippen LogP contribution in [0.4, 0.5) is 4.79 Å². The Morgan fingerprint density at radius 2 is 2.17 bits per heavy atom. The molecule has 1 aromatic carbocycles. The van der Waals surface area contributed by atoms with Gasteiger partial charge in [0.25, 0.3) is 0 Å². The monoisotopic (exact) mass is 328 g/mol. The van der Waals surface area contributed by atoms with Crippen molar-refractivity contribution in [2.75, 3.05) is 0 Å². The third-order valence-corrected chi connectivity index (χ3v) is 4.29. The molecule has 0 aliphatic heterocycles. The number of nitrogens with zero attached hydrogens (tertiary/aromatic N) is 3. The van der Waals surface area contributed by atoms with E-state index in [2.05, 4.69) is 40.8 Å². The molecule has 1 fully saturated rings. The molecule has 0 atom stereocenters. The van der Waals surface area contributed by atoms with Crippen LogP contribution in [-0.2, 0) is 17.9 Å². The average molecular weight is 328 g/mol. The predicted octanol–water partition coefficient (Wildman–Crippen LogP) is 3.19. The van der Waals surface area contributed by atoms with Gasteiger partial charge in [0.15, 0.2) is 0 Å². The molecule has 1 amide bonds. The van der Waals surface area contributed by atoms with Gasteiger partial charge in [0.1, 0.15) is 12.3 Å². The number of amides is 1. The molecule has 1 heterocycles. The fourth-order valence-electron chi connectivity index (χ4n) is 3.07. The zero-order valence-corrected chi connectivity index (χ0v) is 14.1. The molecule has 0 bridgehead atoms. The van der Waals surface area contributed by atoms with E-state index in [1.54, 1.807) is 4.68 Å². The van der Waals surface area contributed by atoms with E-state index < -0.39 is 0 Å². The molecule has 128 valence electrons. The first kappa shape index (κ1) is 16.5. The number of rotatable bonds is 5. The maximum Gasteiger partial charge on any atom is 0.407 e. The van der Waals surface area contributed by atoms with Crippen LogP contribution >= 0.6 is 0 Å². The van der Waals surface area contributed by atoms with Gasteiger partial charge in [-0.3, -0.25) is 0 Å². The van der Waals surface area contributed by atoms with Crippen LogP contribution in [-0.4, -0.2) is 27.1 Å². The summed E-state index contributed by atoms with van der Waals surface area (Å²) in [6.45, 7) is 2.87. The molecule has 0 spiro atoms. The molecule has 0 saturated heterocycles. The smallest absolute Gasteiger partial charge is 0.407 e. The van der Waals surface area contributed by atoms with Crippen LogP contribution in [0.1, 0.15) is 48.9 Å². The third kappa shape index (κ3) is 4.81. The van der Waals surface area contributed by atoms with Crippen molar-refractivity contribution in [3.05, 3.63) is 47.3 Å². The van der Waals surface area contributed by atoms with Crippen molar-refractivity contribution in [3.63, 3.8) is 0 Å². The van der Waals surface area contributed by atoms with Crippen molar-refractivity contribution in [3.8, 4) is 0 Å². The number of benzene rings is 1. The third-order valence-electron chi connectivity index (χ3n) is 4.29. The van der Waals surface area contributed by atoms with Gasteiger partial charge in [0.2, 0.25) is 0 Å². The van der Waals surface area contributed by atoms with Crippen molar-refractivity contribution in [2.45, 2.75) is 58.2 Å². The van der Waals surface area contributed by atoms with Crippen LogP contribution in [0.25, 0.3) is 0 Å². The number of carbonyl (C=O) groups excluding carboxylic acids is 1. The van der Waals surface area contributed by atoms with E-state index in [4.69, 9.17) is 4.74 Å². The van der Waals surface area contributed by atoms with E-state index in [0.29, 0.717) is 12.2 Å². The average Bonchev–Trinajstić information content (AvgIpc) is 3.01. The van der Waals surface area contributed by atoms with Gasteiger partial charge in [-0.25, -0.2) is 9.48 Å². The topological polar surface area (TPSA) is 69.0 Å². The summed E-state index contributed by atoms with van der Waals surface area (Å²) in [7, 11) is 0. The number of hydrogen-bond donors (Lipinski definition) is 1. The quantitative estimate of drug-likeness (QED) is 0.915. The van der Waals surface area contributed by atoms with Crippen molar-refractivity contribution in [2.24, 2.45) is 0 Å². The molecule has 1 aromatic heterocycles. The highest BCUT2D eigenvalue weighted by Gasteiger charge is 2.16. The summed E-state index contributed by atoms with van der Waals surface area (Å²) >= 11 is 0. The van der Waals surface area contributed by atoms with Gasteiger partial charge < -0.3 is 10.1 Å². The van der Waals surface area contributed by atoms with Crippen LogP contribution in [0, 0.1) is 6.92 Å². The zero-order chi connectivity index (χ0) is 16.8. The molecular weight excluding hydrogens is 304 g/mol. The number of carbonyl (C=O) groups is 1. The minimum atomic E-state index is -0.366. The number of aryl methyl sites for hydroxylation is 1. The van der Waals surface area contributed by atoms with Crippen LogP contribution < -0.4 is 5.32 Å². The molecule has 3 rings (SSSR count). The summed E-state index contributed by atoms with van der Waals surface area (Å²) in [5.74, 6) is 0. The van der Waals surface area contributed by atoms with E-state index in [9.17, 15) is 4.79 Å². The molecular formula is C18H24N4O2. The predicted molar refractivity (Wildman–Crippen MR) is 90.5 cm³/mol. The normalized spacial score (nSPS) is 15.2. The highest BCUT2D eigenvalue weighted by molar-refractivity contribution is 5.67. The second-order valence-corrected chi connectivity index (χ2v) is 6.45. The minimum absolute atomic E-state index is 0.145. The van der Waals surface area contributed by atoms with E-state index in [-0.39, 0.29) is 18.7 Å².